The molecule has 0 aliphatic carbocycles. The average molecular weight is 382 g/mol. The number of nitrogens with one attached hydrogen (secondary N) is 2. The van der Waals surface area contributed by atoms with Crippen LogP contribution in [0.1, 0.15) is 36.2 Å². The van der Waals surface area contributed by atoms with E-state index in [1.807, 2.05) is 18.2 Å². The highest BCUT2D eigenvalue weighted by atomic mass is 16.1. The first kappa shape index (κ1) is 20.1. The smallest absolute Gasteiger partial charge is 0.274 e. The van der Waals surface area contributed by atoms with Crippen molar-refractivity contribution in [3.05, 3.63) is 48.3 Å². The van der Waals surface area contributed by atoms with Gasteiger partial charge in [-0.25, -0.2) is 0 Å². The van der Waals surface area contributed by atoms with Gasteiger partial charge in [0.05, 0.1) is 0 Å². The lowest BCUT2D eigenvalue weighted by molar-refractivity contribution is 0.102. The molecule has 1 fully saturated rings. The second-order valence-corrected chi connectivity index (χ2v) is 7.56. The van der Waals surface area contributed by atoms with Crippen molar-refractivity contribution in [2.45, 2.75) is 25.7 Å². The minimum Gasteiger partial charge on any atom is -0.385 e. The van der Waals surface area contributed by atoms with Gasteiger partial charge in [0.1, 0.15) is 5.69 Å². The number of amides is 1. The van der Waals surface area contributed by atoms with E-state index in [0.29, 0.717) is 5.69 Å². The van der Waals surface area contributed by atoms with Gasteiger partial charge in [-0.3, -0.25) is 9.78 Å². The van der Waals surface area contributed by atoms with Crippen LogP contribution in [-0.2, 0) is 0 Å². The summed E-state index contributed by atoms with van der Waals surface area (Å²) in [6.07, 6.45) is 6.54. The summed E-state index contributed by atoms with van der Waals surface area (Å²) in [5.41, 5.74) is 3.34. The number of rotatable bonds is 8. The number of nitrogens with zero attached hydrogens (tertiary/aromatic N) is 3. The summed E-state index contributed by atoms with van der Waals surface area (Å²) < 4.78 is 0. The van der Waals surface area contributed by atoms with Gasteiger partial charge in [0.25, 0.3) is 5.91 Å². The maximum atomic E-state index is 12.6. The van der Waals surface area contributed by atoms with Gasteiger partial charge in [-0.2, -0.15) is 0 Å². The molecule has 3 rings (SSSR count). The van der Waals surface area contributed by atoms with Gasteiger partial charge in [-0.1, -0.05) is 0 Å². The fourth-order valence-corrected chi connectivity index (χ4v) is 3.40. The fraction of sp³-hybridized carbons (Fsp3) is 0.455. The Morgan fingerprint density at radius 3 is 2.54 bits per heavy atom. The van der Waals surface area contributed by atoms with E-state index < -0.39 is 0 Å². The van der Waals surface area contributed by atoms with Crippen molar-refractivity contribution in [1.29, 1.82) is 0 Å². The number of hydrogen-bond acceptors (Lipinski definition) is 5. The van der Waals surface area contributed by atoms with Crippen LogP contribution in [0.15, 0.2) is 42.6 Å². The summed E-state index contributed by atoms with van der Waals surface area (Å²) in [6.45, 7) is 4.12. The highest BCUT2D eigenvalue weighted by Gasteiger charge is 2.12. The van der Waals surface area contributed by atoms with Crippen LogP contribution in [0.5, 0.6) is 0 Å². The Morgan fingerprint density at radius 2 is 1.82 bits per heavy atom. The molecule has 1 amide bonds. The van der Waals surface area contributed by atoms with Crippen LogP contribution < -0.4 is 15.5 Å². The summed E-state index contributed by atoms with van der Waals surface area (Å²) in [6, 6.07) is 11.8. The second kappa shape index (κ2) is 10.1. The van der Waals surface area contributed by atoms with E-state index in [2.05, 4.69) is 51.6 Å². The van der Waals surface area contributed by atoms with Crippen LogP contribution >= 0.6 is 0 Å². The molecule has 150 valence electrons. The Kier molecular flexibility index (Phi) is 7.25. The number of carbonyl (C=O) groups is 1. The van der Waals surface area contributed by atoms with E-state index in [4.69, 9.17) is 0 Å². The van der Waals surface area contributed by atoms with E-state index in [1.54, 1.807) is 12.3 Å². The summed E-state index contributed by atoms with van der Waals surface area (Å²) in [5.74, 6) is -0.192. The fourth-order valence-electron chi connectivity index (χ4n) is 3.40. The lowest BCUT2D eigenvalue weighted by Gasteiger charge is -2.28. The van der Waals surface area contributed by atoms with Crippen LogP contribution in [0.3, 0.4) is 0 Å². The molecule has 2 N–H and O–H groups in total. The highest BCUT2D eigenvalue weighted by Crippen LogP contribution is 2.22. The predicted octanol–water partition coefficient (Wildman–Crippen LogP) is 3.69. The monoisotopic (exact) mass is 381 g/mol. The van der Waals surface area contributed by atoms with Crippen LogP contribution in [0.2, 0.25) is 0 Å². The Bertz CT molecular complexity index is 754. The second-order valence-electron chi connectivity index (χ2n) is 7.56. The molecule has 28 heavy (non-hydrogen) atoms. The molecule has 0 unspecified atom stereocenters. The number of carbonyl (C=O) groups excluding carboxylic acids is 1. The van der Waals surface area contributed by atoms with Gasteiger partial charge in [-0.05, 0) is 82.7 Å². The molecule has 2 heterocycles. The molecule has 1 aliphatic rings. The normalized spacial score (nSPS) is 14.2. The topological polar surface area (TPSA) is 60.5 Å². The van der Waals surface area contributed by atoms with E-state index in [0.717, 1.165) is 44.0 Å². The first-order chi connectivity index (χ1) is 13.6. The standard InChI is InChI=1S/C22H31N5O/c1-26(2)14-6-12-23-19-11-13-24-21(17-19)22(28)25-18-7-9-20(10-8-18)27-15-4-3-5-16-27/h7-11,13,17H,3-6,12,14-16H2,1-2H3,(H,23,24)(H,25,28). The zero-order valence-electron chi connectivity index (χ0n) is 16.9. The molecule has 0 radical (unpaired) electrons. The van der Waals surface area contributed by atoms with Crippen LogP contribution in [0.4, 0.5) is 17.1 Å². The third-order valence-electron chi connectivity index (χ3n) is 4.95. The first-order valence-corrected chi connectivity index (χ1v) is 10.1. The van der Waals surface area contributed by atoms with Gasteiger partial charge >= 0.3 is 0 Å². The van der Waals surface area contributed by atoms with Gasteiger partial charge in [-0.15, -0.1) is 0 Å². The summed E-state index contributed by atoms with van der Waals surface area (Å²) in [4.78, 5) is 21.3. The number of hydrogen-bond donors (Lipinski definition) is 2. The van der Waals surface area contributed by atoms with Crippen LogP contribution in [-0.4, -0.2) is 56.1 Å². The number of anilines is 3. The number of piperidine rings is 1. The molecule has 0 bridgehead atoms. The Balaban J connectivity index is 1.54. The lowest BCUT2D eigenvalue weighted by atomic mass is 10.1. The van der Waals surface area contributed by atoms with E-state index in [1.165, 1.54) is 24.9 Å². The van der Waals surface area contributed by atoms with Crippen molar-refractivity contribution in [2.75, 3.05) is 55.8 Å². The van der Waals surface area contributed by atoms with Crippen molar-refractivity contribution < 1.29 is 4.79 Å². The molecule has 1 aliphatic heterocycles. The van der Waals surface area contributed by atoms with Crippen molar-refractivity contribution >= 4 is 23.0 Å². The molecular weight excluding hydrogens is 350 g/mol. The molecule has 0 atom stereocenters. The molecule has 6 nitrogen and oxygen atoms in total. The van der Waals surface area contributed by atoms with Gasteiger partial charge < -0.3 is 20.4 Å². The van der Waals surface area contributed by atoms with E-state index >= 15 is 0 Å². The van der Waals surface area contributed by atoms with Gasteiger partial charge in [0, 0.05) is 42.9 Å². The van der Waals surface area contributed by atoms with Gasteiger partial charge in [0.15, 0.2) is 0 Å². The number of aromatic nitrogens is 1. The minimum absolute atomic E-state index is 0.192. The highest BCUT2D eigenvalue weighted by molar-refractivity contribution is 6.03. The SMILES string of the molecule is CN(C)CCCNc1ccnc(C(=O)Nc2ccc(N3CCCCC3)cc2)c1. The number of benzene rings is 1. The van der Waals surface area contributed by atoms with Gasteiger partial charge in [0.2, 0.25) is 0 Å². The van der Waals surface area contributed by atoms with Crippen molar-refractivity contribution in [3.63, 3.8) is 0 Å². The molecule has 1 aromatic heterocycles. The van der Waals surface area contributed by atoms with E-state index in [-0.39, 0.29) is 5.91 Å². The van der Waals surface area contributed by atoms with Crippen molar-refractivity contribution in [1.82, 2.24) is 9.88 Å². The number of pyridine rings is 1. The first-order valence-electron chi connectivity index (χ1n) is 10.1. The van der Waals surface area contributed by atoms with Crippen molar-refractivity contribution in [3.8, 4) is 0 Å². The average Bonchev–Trinajstić information content (AvgIpc) is 2.72. The van der Waals surface area contributed by atoms with Crippen LogP contribution in [0.25, 0.3) is 0 Å². The largest absolute Gasteiger partial charge is 0.385 e. The lowest BCUT2D eigenvalue weighted by Crippen LogP contribution is -2.29. The zero-order chi connectivity index (χ0) is 19.8. The Morgan fingerprint density at radius 1 is 1.07 bits per heavy atom. The maximum Gasteiger partial charge on any atom is 0.274 e. The summed E-state index contributed by atoms with van der Waals surface area (Å²) in [5, 5.41) is 6.29. The molecule has 6 heteroatoms. The predicted molar refractivity (Wildman–Crippen MR) is 116 cm³/mol. The van der Waals surface area contributed by atoms with Crippen molar-refractivity contribution in [2.24, 2.45) is 0 Å². The molecule has 0 saturated carbocycles. The van der Waals surface area contributed by atoms with E-state index in [9.17, 15) is 4.79 Å². The molecule has 0 spiro atoms. The Labute approximate surface area is 167 Å². The third kappa shape index (κ3) is 5.96. The summed E-state index contributed by atoms with van der Waals surface area (Å²) in [7, 11) is 4.13. The molecule has 1 saturated heterocycles. The molecular formula is C22H31N5O. The maximum absolute atomic E-state index is 12.6. The third-order valence-corrected chi connectivity index (χ3v) is 4.95. The quantitative estimate of drug-likeness (QED) is 0.683. The van der Waals surface area contributed by atoms with Crippen LogP contribution in [0, 0.1) is 0 Å². The molecule has 2 aromatic rings. The minimum atomic E-state index is -0.192. The summed E-state index contributed by atoms with van der Waals surface area (Å²) >= 11 is 0. The zero-order valence-corrected chi connectivity index (χ0v) is 16.9. The molecule has 1 aromatic carbocycles. The Hall–Kier alpha value is -2.60.